The monoisotopic (exact) mass is 249 g/mol. The summed E-state index contributed by atoms with van der Waals surface area (Å²) in [5.41, 5.74) is 6.29. The van der Waals surface area contributed by atoms with E-state index in [1.54, 1.807) is 0 Å². The van der Waals surface area contributed by atoms with Gasteiger partial charge in [-0.3, -0.25) is 9.59 Å². The molecule has 0 saturated heterocycles. The van der Waals surface area contributed by atoms with Crippen LogP contribution in [0.15, 0.2) is 23.1 Å². The van der Waals surface area contributed by atoms with Gasteiger partial charge >= 0.3 is 0 Å². The predicted molar refractivity (Wildman–Crippen MR) is 69.3 cm³/mol. The molecular formula is C13H19N3O2. The molecule has 1 aromatic rings. The Morgan fingerprint density at radius 2 is 2.17 bits per heavy atom. The van der Waals surface area contributed by atoms with Gasteiger partial charge in [0.1, 0.15) is 0 Å². The number of amides is 1. The molecule has 2 unspecified atom stereocenters. The summed E-state index contributed by atoms with van der Waals surface area (Å²) in [5.74, 6) is 0.203. The molecule has 1 heterocycles. The molecule has 2 rings (SSSR count). The Hall–Kier alpha value is -1.62. The summed E-state index contributed by atoms with van der Waals surface area (Å²) in [7, 11) is 0. The summed E-state index contributed by atoms with van der Waals surface area (Å²) in [5, 5.41) is 2.88. The molecule has 0 bridgehead atoms. The second-order valence-corrected chi connectivity index (χ2v) is 4.86. The van der Waals surface area contributed by atoms with Crippen LogP contribution in [-0.2, 0) is 0 Å². The van der Waals surface area contributed by atoms with Gasteiger partial charge in [0.2, 0.25) is 5.56 Å². The van der Waals surface area contributed by atoms with E-state index in [-0.39, 0.29) is 17.5 Å². The number of carbonyl (C=O) groups is 1. The van der Waals surface area contributed by atoms with Crippen LogP contribution in [0.2, 0.25) is 0 Å². The molecule has 18 heavy (non-hydrogen) atoms. The third kappa shape index (κ3) is 3.20. The van der Waals surface area contributed by atoms with E-state index >= 15 is 0 Å². The average molecular weight is 249 g/mol. The van der Waals surface area contributed by atoms with E-state index in [1.807, 2.05) is 0 Å². The quantitative estimate of drug-likeness (QED) is 0.734. The minimum Gasteiger partial charge on any atom is -0.352 e. The zero-order chi connectivity index (χ0) is 13.0. The highest BCUT2D eigenvalue weighted by Gasteiger charge is 2.22. The first-order valence-corrected chi connectivity index (χ1v) is 6.39. The molecular weight excluding hydrogens is 230 g/mol. The van der Waals surface area contributed by atoms with Gasteiger partial charge in [0.15, 0.2) is 0 Å². The Labute approximate surface area is 106 Å². The van der Waals surface area contributed by atoms with E-state index in [1.165, 1.54) is 31.2 Å². The summed E-state index contributed by atoms with van der Waals surface area (Å²) in [6.07, 6.45) is 5.92. The van der Waals surface area contributed by atoms with Crippen molar-refractivity contribution in [2.24, 2.45) is 11.7 Å². The van der Waals surface area contributed by atoms with E-state index in [4.69, 9.17) is 5.73 Å². The number of aromatic nitrogens is 1. The third-order valence-electron chi connectivity index (χ3n) is 3.54. The predicted octanol–water partition coefficient (Wildman–Crippen LogP) is 0.622. The van der Waals surface area contributed by atoms with Gasteiger partial charge in [0, 0.05) is 24.8 Å². The Morgan fingerprint density at radius 3 is 2.83 bits per heavy atom. The van der Waals surface area contributed by atoms with E-state index in [9.17, 15) is 9.59 Å². The van der Waals surface area contributed by atoms with Crippen molar-refractivity contribution in [2.45, 2.75) is 31.7 Å². The van der Waals surface area contributed by atoms with E-state index in [2.05, 4.69) is 10.3 Å². The lowest BCUT2D eigenvalue weighted by atomic mass is 9.85. The number of rotatable bonds is 3. The lowest BCUT2D eigenvalue weighted by molar-refractivity contribution is 0.0941. The average Bonchev–Trinajstić information content (AvgIpc) is 2.38. The highest BCUT2D eigenvalue weighted by atomic mass is 16.1. The van der Waals surface area contributed by atoms with Crippen LogP contribution in [0.1, 0.15) is 36.0 Å². The molecule has 4 N–H and O–H groups in total. The normalized spacial score (nSPS) is 23.6. The minimum absolute atomic E-state index is 0.163. The Balaban J connectivity index is 1.87. The lowest BCUT2D eigenvalue weighted by Crippen LogP contribution is -2.41. The van der Waals surface area contributed by atoms with E-state index < -0.39 is 0 Å². The Morgan fingerprint density at radius 1 is 1.39 bits per heavy atom. The largest absolute Gasteiger partial charge is 0.352 e. The summed E-state index contributed by atoms with van der Waals surface area (Å²) >= 11 is 0. The molecule has 1 amide bonds. The van der Waals surface area contributed by atoms with Gasteiger partial charge < -0.3 is 16.0 Å². The molecule has 1 aliphatic carbocycles. The molecule has 0 aliphatic heterocycles. The first kappa shape index (κ1) is 12.8. The van der Waals surface area contributed by atoms with Crippen molar-refractivity contribution >= 4 is 5.91 Å². The molecule has 0 aromatic carbocycles. The molecule has 1 aromatic heterocycles. The van der Waals surface area contributed by atoms with Gasteiger partial charge in [0.25, 0.3) is 5.91 Å². The van der Waals surface area contributed by atoms with Crippen LogP contribution in [0, 0.1) is 5.92 Å². The highest BCUT2D eigenvalue weighted by Crippen LogP contribution is 2.22. The number of aromatic amines is 1. The smallest absolute Gasteiger partial charge is 0.252 e. The maximum Gasteiger partial charge on any atom is 0.252 e. The van der Waals surface area contributed by atoms with Crippen molar-refractivity contribution < 1.29 is 4.79 Å². The summed E-state index contributed by atoms with van der Waals surface area (Å²) in [6, 6.07) is 3.06. The Bertz CT molecular complexity index is 449. The zero-order valence-corrected chi connectivity index (χ0v) is 10.3. The molecule has 98 valence electrons. The van der Waals surface area contributed by atoms with Crippen LogP contribution in [0.25, 0.3) is 0 Å². The molecule has 2 atom stereocenters. The number of carbonyl (C=O) groups excluding carboxylic acids is 1. The first-order valence-electron chi connectivity index (χ1n) is 6.39. The van der Waals surface area contributed by atoms with Gasteiger partial charge in [-0.1, -0.05) is 12.8 Å². The van der Waals surface area contributed by atoms with Crippen LogP contribution < -0.4 is 16.6 Å². The topological polar surface area (TPSA) is 88.0 Å². The van der Waals surface area contributed by atoms with Crippen molar-refractivity contribution in [1.29, 1.82) is 0 Å². The van der Waals surface area contributed by atoms with Gasteiger partial charge in [-0.15, -0.1) is 0 Å². The van der Waals surface area contributed by atoms with E-state index in [0.717, 1.165) is 12.8 Å². The van der Waals surface area contributed by atoms with Crippen LogP contribution in [-0.4, -0.2) is 23.5 Å². The standard InChI is InChI=1S/C13H19N3O2/c14-11-4-2-1-3-9(11)7-16-13(18)10-5-6-12(17)15-8-10/h5-6,8-9,11H,1-4,7,14H2,(H,15,17)(H,16,18). The zero-order valence-electron chi connectivity index (χ0n) is 10.3. The van der Waals surface area contributed by atoms with Crippen LogP contribution in [0.3, 0.4) is 0 Å². The van der Waals surface area contributed by atoms with Gasteiger partial charge in [0.05, 0.1) is 5.56 Å². The van der Waals surface area contributed by atoms with Crippen LogP contribution in [0.4, 0.5) is 0 Å². The maximum atomic E-state index is 11.8. The van der Waals surface area contributed by atoms with Crippen molar-refractivity contribution in [3.8, 4) is 0 Å². The fourth-order valence-electron chi connectivity index (χ4n) is 2.37. The Kier molecular flexibility index (Phi) is 4.15. The molecule has 5 heteroatoms. The number of hydrogen-bond donors (Lipinski definition) is 3. The van der Waals surface area contributed by atoms with Crippen molar-refractivity contribution in [1.82, 2.24) is 10.3 Å². The van der Waals surface area contributed by atoms with Crippen molar-refractivity contribution in [3.63, 3.8) is 0 Å². The van der Waals surface area contributed by atoms with Crippen LogP contribution >= 0.6 is 0 Å². The maximum absolute atomic E-state index is 11.8. The SMILES string of the molecule is NC1CCCCC1CNC(=O)c1ccc(=O)[nH]c1. The number of H-pyrrole nitrogens is 1. The van der Waals surface area contributed by atoms with Gasteiger partial charge in [-0.05, 0) is 24.8 Å². The number of nitrogens with one attached hydrogen (secondary N) is 2. The fraction of sp³-hybridized carbons (Fsp3) is 0.538. The molecule has 1 aliphatic rings. The molecule has 0 radical (unpaired) electrons. The minimum atomic E-state index is -0.208. The van der Waals surface area contributed by atoms with Gasteiger partial charge in [-0.25, -0.2) is 0 Å². The highest BCUT2D eigenvalue weighted by molar-refractivity contribution is 5.93. The van der Waals surface area contributed by atoms with Gasteiger partial charge in [-0.2, -0.15) is 0 Å². The summed E-state index contributed by atoms with van der Waals surface area (Å²) < 4.78 is 0. The van der Waals surface area contributed by atoms with E-state index in [0.29, 0.717) is 18.0 Å². The number of nitrogens with two attached hydrogens (primary N) is 1. The van der Waals surface area contributed by atoms with Crippen molar-refractivity contribution in [2.75, 3.05) is 6.54 Å². The third-order valence-corrected chi connectivity index (χ3v) is 3.54. The summed E-state index contributed by atoms with van der Waals surface area (Å²) in [6.45, 7) is 0.610. The fourth-order valence-corrected chi connectivity index (χ4v) is 2.37. The number of pyridine rings is 1. The molecule has 0 spiro atoms. The second kappa shape index (κ2) is 5.82. The second-order valence-electron chi connectivity index (χ2n) is 4.86. The number of hydrogen-bond acceptors (Lipinski definition) is 3. The molecule has 1 fully saturated rings. The summed E-state index contributed by atoms with van der Waals surface area (Å²) in [4.78, 5) is 25.2. The molecule has 1 saturated carbocycles. The first-order chi connectivity index (χ1) is 8.66. The molecule has 5 nitrogen and oxygen atoms in total. The lowest BCUT2D eigenvalue weighted by Gasteiger charge is -2.28. The van der Waals surface area contributed by atoms with Crippen LogP contribution in [0.5, 0.6) is 0 Å². The van der Waals surface area contributed by atoms with Crippen molar-refractivity contribution in [3.05, 3.63) is 34.2 Å².